The first-order chi connectivity index (χ1) is 6.62. The summed E-state index contributed by atoms with van der Waals surface area (Å²) in [6.45, 7) is 0. The smallest absolute Gasteiger partial charge is 0.316 e. The highest BCUT2D eigenvalue weighted by atomic mass is 32.3. The third kappa shape index (κ3) is 2.87. The van der Waals surface area contributed by atoms with Crippen molar-refractivity contribution in [2.75, 3.05) is 0 Å². The van der Waals surface area contributed by atoms with Crippen molar-refractivity contribution in [1.29, 1.82) is 0 Å². The fraction of sp³-hybridized carbons (Fsp3) is 0.500. The maximum atomic E-state index is 10.8. The van der Waals surface area contributed by atoms with Crippen molar-refractivity contribution in [3.63, 3.8) is 0 Å². The van der Waals surface area contributed by atoms with E-state index in [1.54, 1.807) is 0 Å². The molecule has 1 saturated heterocycles. The van der Waals surface area contributed by atoms with Crippen molar-refractivity contribution in [2.24, 2.45) is 0 Å². The highest BCUT2D eigenvalue weighted by Gasteiger charge is 2.43. The molecule has 9 nitrogen and oxygen atoms in total. The maximum Gasteiger partial charge on any atom is 0.506 e. The Morgan fingerprint density at radius 2 is 1.80 bits per heavy atom. The molecule has 1 aliphatic heterocycles. The lowest BCUT2D eigenvalue weighted by molar-refractivity contribution is -0.135. The molecule has 0 radical (unpaired) electrons. The molecule has 1 atom stereocenters. The summed E-state index contributed by atoms with van der Waals surface area (Å²) in [5.41, 5.74) is 0. The van der Waals surface area contributed by atoms with Gasteiger partial charge in [-0.05, 0) is 0 Å². The molecule has 1 unspecified atom stereocenters. The molecule has 11 heteroatoms. The van der Waals surface area contributed by atoms with E-state index in [4.69, 9.17) is 4.55 Å². The van der Waals surface area contributed by atoms with E-state index in [9.17, 15) is 26.4 Å². The molecule has 0 bridgehead atoms. The zero-order valence-corrected chi connectivity index (χ0v) is 8.45. The van der Waals surface area contributed by atoms with Crippen LogP contribution in [0.15, 0.2) is 0 Å². The molecule has 0 spiro atoms. The number of carbonyl (C=O) groups excluding carboxylic acids is 2. The van der Waals surface area contributed by atoms with Gasteiger partial charge in [0.05, 0.1) is 6.42 Å². The van der Waals surface area contributed by atoms with Gasteiger partial charge in [0, 0.05) is 0 Å². The largest absolute Gasteiger partial charge is 0.506 e. The second kappa shape index (κ2) is 3.43. The summed E-state index contributed by atoms with van der Waals surface area (Å²) in [5.74, 6) is -3.30. The molecule has 0 aromatic heterocycles. The van der Waals surface area contributed by atoms with E-state index < -0.39 is 44.1 Å². The van der Waals surface area contributed by atoms with Gasteiger partial charge in [0.15, 0.2) is 5.25 Å². The summed E-state index contributed by atoms with van der Waals surface area (Å²) in [4.78, 5) is 21.5. The second-order valence-corrected chi connectivity index (χ2v) is 5.22. The molecule has 1 rings (SSSR count). The van der Waals surface area contributed by atoms with Crippen LogP contribution >= 0.6 is 0 Å². The SMILES string of the molecule is O=C1CC(S(=O)(=O)O)C(=O)OS(=O)(=O)O1. The first kappa shape index (κ1) is 11.9. The third-order valence-corrected chi connectivity index (χ3v) is 3.19. The summed E-state index contributed by atoms with van der Waals surface area (Å²) in [6, 6.07) is 0. The molecule has 15 heavy (non-hydrogen) atoms. The Morgan fingerprint density at radius 3 is 2.27 bits per heavy atom. The average Bonchev–Trinajstić information content (AvgIpc) is 2.03. The van der Waals surface area contributed by atoms with Crippen molar-refractivity contribution in [2.45, 2.75) is 11.7 Å². The minimum Gasteiger partial charge on any atom is -0.316 e. The van der Waals surface area contributed by atoms with E-state index in [0.717, 1.165) is 0 Å². The molecule has 1 N–H and O–H groups in total. The average molecular weight is 260 g/mol. The van der Waals surface area contributed by atoms with Crippen LogP contribution in [0.1, 0.15) is 6.42 Å². The Labute approximate surface area is 84.1 Å². The molecule has 0 aromatic rings. The van der Waals surface area contributed by atoms with E-state index >= 15 is 0 Å². The predicted octanol–water partition coefficient (Wildman–Crippen LogP) is -2.02. The van der Waals surface area contributed by atoms with Crippen LogP contribution in [-0.4, -0.2) is 38.6 Å². The molecule has 86 valence electrons. The Balaban J connectivity index is 3.16. The first-order valence-electron chi connectivity index (χ1n) is 3.29. The van der Waals surface area contributed by atoms with Crippen LogP contribution in [0.3, 0.4) is 0 Å². The van der Waals surface area contributed by atoms with E-state index in [-0.39, 0.29) is 0 Å². The Kier molecular flexibility index (Phi) is 2.71. The Hall–Kier alpha value is -1.20. The minimum absolute atomic E-state index is 1.13. The normalized spacial score (nSPS) is 26.3. The molecule has 1 fully saturated rings. The highest BCUT2D eigenvalue weighted by Crippen LogP contribution is 2.16. The van der Waals surface area contributed by atoms with Crippen LogP contribution < -0.4 is 0 Å². The van der Waals surface area contributed by atoms with Crippen molar-refractivity contribution in [1.82, 2.24) is 0 Å². The minimum atomic E-state index is -4.92. The van der Waals surface area contributed by atoms with E-state index in [0.29, 0.717) is 0 Å². The molecular formula is C4H4O9S2. The van der Waals surface area contributed by atoms with Gasteiger partial charge in [-0.25, -0.2) is 4.79 Å². The molecule has 0 amide bonds. The molecule has 1 heterocycles. The van der Waals surface area contributed by atoms with Gasteiger partial charge in [-0.2, -0.15) is 8.42 Å². The number of carbonyl (C=O) groups is 2. The predicted molar refractivity (Wildman–Crippen MR) is 41.1 cm³/mol. The van der Waals surface area contributed by atoms with Crippen molar-refractivity contribution in [3.8, 4) is 0 Å². The zero-order valence-electron chi connectivity index (χ0n) is 6.81. The molecular weight excluding hydrogens is 256 g/mol. The third-order valence-electron chi connectivity index (χ3n) is 1.35. The molecule has 0 aromatic carbocycles. The first-order valence-corrected chi connectivity index (χ1v) is 6.12. The summed E-state index contributed by atoms with van der Waals surface area (Å²) >= 11 is 0. The summed E-state index contributed by atoms with van der Waals surface area (Å²) in [5, 5.41) is -2.29. The number of hydrogen-bond acceptors (Lipinski definition) is 8. The van der Waals surface area contributed by atoms with Crippen LogP contribution in [0.5, 0.6) is 0 Å². The van der Waals surface area contributed by atoms with Gasteiger partial charge in [0.25, 0.3) is 10.1 Å². The summed E-state index contributed by atoms with van der Waals surface area (Å²) in [6.07, 6.45) is -1.13. The lowest BCUT2D eigenvalue weighted by Crippen LogP contribution is -2.31. The second-order valence-electron chi connectivity index (χ2n) is 2.47. The maximum absolute atomic E-state index is 10.8. The Morgan fingerprint density at radius 1 is 1.27 bits per heavy atom. The summed E-state index contributed by atoms with van der Waals surface area (Å²) in [7, 11) is -9.81. The van der Waals surface area contributed by atoms with Crippen LogP contribution in [0.2, 0.25) is 0 Å². The quantitative estimate of drug-likeness (QED) is 0.528. The van der Waals surface area contributed by atoms with Gasteiger partial charge < -0.3 is 8.37 Å². The van der Waals surface area contributed by atoms with Gasteiger partial charge in [0.1, 0.15) is 0 Å². The fourth-order valence-corrected chi connectivity index (χ4v) is 2.13. The topological polar surface area (TPSA) is 141 Å². The van der Waals surface area contributed by atoms with E-state index in [2.05, 4.69) is 8.37 Å². The standard InChI is InChI=1S/C4H4O9S2/c5-3-1-2(14(7,8)9)4(6)13-15(10,11)12-3/h2H,1H2,(H,7,8,9). The number of rotatable bonds is 1. The molecule has 1 aliphatic rings. The summed E-state index contributed by atoms with van der Waals surface area (Å²) < 4.78 is 58.0. The van der Waals surface area contributed by atoms with E-state index in [1.165, 1.54) is 0 Å². The van der Waals surface area contributed by atoms with Crippen molar-refractivity contribution in [3.05, 3.63) is 0 Å². The molecule has 0 saturated carbocycles. The molecule has 0 aliphatic carbocycles. The number of hydrogen-bond donors (Lipinski definition) is 1. The van der Waals surface area contributed by atoms with Gasteiger partial charge in [-0.1, -0.05) is 0 Å². The van der Waals surface area contributed by atoms with Gasteiger partial charge in [0.2, 0.25) is 0 Å². The Bertz CT molecular complexity index is 496. The van der Waals surface area contributed by atoms with Gasteiger partial charge in [-0.3, -0.25) is 9.35 Å². The fourth-order valence-electron chi connectivity index (χ4n) is 0.781. The van der Waals surface area contributed by atoms with Gasteiger partial charge >= 0.3 is 22.3 Å². The van der Waals surface area contributed by atoms with Crippen LogP contribution in [-0.2, 0) is 38.5 Å². The monoisotopic (exact) mass is 260 g/mol. The van der Waals surface area contributed by atoms with E-state index in [1.807, 2.05) is 0 Å². The van der Waals surface area contributed by atoms with Crippen molar-refractivity contribution >= 4 is 32.5 Å². The zero-order chi connectivity index (χ0) is 11.9. The van der Waals surface area contributed by atoms with Crippen molar-refractivity contribution < 1.29 is 39.3 Å². The van der Waals surface area contributed by atoms with Gasteiger partial charge in [-0.15, -0.1) is 8.42 Å². The lowest BCUT2D eigenvalue weighted by Gasteiger charge is -2.03. The van der Waals surface area contributed by atoms with Crippen LogP contribution in [0, 0.1) is 0 Å². The van der Waals surface area contributed by atoms with Crippen LogP contribution in [0.25, 0.3) is 0 Å². The van der Waals surface area contributed by atoms with Crippen LogP contribution in [0.4, 0.5) is 0 Å². The highest BCUT2D eigenvalue weighted by molar-refractivity contribution is 7.87. The lowest BCUT2D eigenvalue weighted by atomic mass is 10.3.